The number of aryl methyl sites for hydroxylation is 1. The zero-order chi connectivity index (χ0) is 19.7. The quantitative estimate of drug-likeness (QED) is 0.732. The molecule has 1 aromatic heterocycles. The predicted octanol–water partition coefficient (Wildman–Crippen LogP) is 4.00. The molecule has 5 heteroatoms. The van der Waals surface area contributed by atoms with Crippen LogP contribution in [0.5, 0.6) is 0 Å². The Morgan fingerprint density at radius 3 is 2.75 bits per heavy atom. The van der Waals surface area contributed by atoms with Crippen LogP contribution in [0.2, 0.25) is 0 Å². The molecule has 2 aromatic carbocycles. The molecule has 0 fully saturated rings. The Hall–Kier alpha value is -2.92. The Bertz CT molecular complexity index is 1010. The van der Waals surface area contributed by atoms with Crippen LogP contribution in [0.3, 0.4) is 0 Å². The van der Waals surface area contributed by atoms with E-state index in [0.29, 0.717) is 12.2 Å². The van der Waals surface area contributed by atoms with Crippen molar-refractivity contribution >= 4 is 28.3 Å². The van der Waals surface area contributed by atoms with Gasteiger partial charge in [-0.25, -0.2) is 4.98 Å². The van der Waals surface area contributed by atoms with Crippen molar-refractivity contribution in [1.82, 2.24) is 10.3 Å². The van der Waals surface area contributed by atoms with Crippen molar-refractivity contribution in [3.63, 3.8) is 0 Å². The van der Waals surface area contributed by atoms with E-state index in [9.17, 15) is 4.79 Å². The molecule has 0 aliphatic carbocycles. The summed E-state index contributed by atoms with van der Waals surface area (Å²) >= 11 is 0. The molecule has 3 aromatic rings. The number of amides is 1. The third-order valence-electron chi connectivity index (χ3n) is 5.12. The zero-order valence-corrected chi connectivity index (χ0v) is 16.5. The van der Waals surface area contributed by atoms with E-state index in [0.717, 1.165) is 30.0 Å². The fourth-order valence-corrected chi connectivity index (χ4v) is 3.71. The molecular formula is C23H25N3O2. The molecule has 0 saturated carbocycles. The van der Waals surface area contributed by atoms with Crippen molar-refractivity contribution in [2.24, 2.45) is 0 Å². The highest BCUT2D eigenvalue weighted by Gasteiger charge is 2.23. The zero-order valence-electron chi connectivity index (χ0n) is 16.5. The molecule has 5 nitrogen and oxygen atoms in total. The fourth-order valence-electron chi connectivity index (χ4n) is 3.71. The lowest BCUT2D eigenvalue weighted by molar-refractivity contribution is 0.0905. The van der Waals surface area contributed by atoms with Crippen LogP contribution in [0.15, 0.2) is 48.5 Å². The molecule has 1 atom stereocenters. The third-order valence-corrected chi connectivity index (χ3v) is 5.12. The number of hydrogen-bond acceptors (Lipinski definition) is 4. The van der Waals surface area contributed by atoms with Gasteiger partial charge in [-0.3, -0.25) is 4.79 Å². The summed E-state index contributed by atoms with van der Waals surface area (Å²) in [5.41, 5.74) is 5.20. The largest absolute Gasteiger partial charge is 0.383 e. The Morgan fingerprint density at radius 2 is 2.00 bits per heavy atom. The lowest BCUT2D eigenvalue weighted by Gasteiger charge is -2.19. The first kappa shape index (κ1) is 18.4. The van der Waals surface area contributed by atoms with E-state index < -0.39 is 0 Å². The normalized spacial score (nSPS) is 14.2. The second-order valence-corrected chi connectivity index (χ2v) is 7.45. The second-order valence-electron chi connectivity index (χ2n) is 7.45. The number of ether oxygens (including phenoxy) is 1. The van der Waals surface area contributed by atoms with Crippen LogP contribution in [0.4, 0.5) is 11.5 Å². The van der Waals surface area contributed by atoms with Crippen LogP contribution < -0.4 is 10.2 Å². The Kier molecular flexibility index (Phi) is 5.01. The molecule has 0 spiro atoms. The number of carbonyl (C=O) groups is 1. The van der Waals surface area contributed by atoms with E-state index in [2.05, 4.69) is 41.4 Å². The number of fused-ring (bicyclic) bond motifs is 2. The molecular weight excluding hydrogens is 350 g/mol. The van der Waals surface area contributed by atoms with Gasteiger partial charge in [-0.1, -0.05) is 12.1 Å². The maximum absolute atomic E-state index is 12.3. The predicted molar refractivity (Wildman–Crippen MR) is 112 cm³/mol. The van der Waals surface area contributed by atoms with Crippen molar-refractivity contribution in [2.45, 2.75) is 26.3 Å². The molecule has 28 heavy (non-hydrogen) atoms. The highest BCUT2D eigenvalue weighted by Crippen LogP contribution is 2.35. The van der Waals surface area contributed by atoms with Crippen molar-refractivity contribution in [2.75, 3.05) is 25.2 Å². The van der Waals surface area contributed by atoms with E-state index in [1.807, 2.05) is 31.2 Å². The van der Waals surface area contributed by atoms with Gasteiger partial charge in [0.15, 0.2) is 0 Å². The maximum atomic E-state index is 12.3. The number of benzene rings is 2. The fraction of sp³-hybridized carbons (Fsp3) is 0.304. The van der Waals surface area contributed by atoms with Gasteiger partial charge in [-0.15, -0.1) is 0 Å². The summed E-state index contributed by atoms with van der Waals surface area (Å²) < 4.78 is 5.07. The highest BCUT2D eigenvalue weighted by atomic mass is 16.5. The molecule has 1 amide bonds. The van der Waals surface area contributed by atoms with Gasteiger partial charge in [0.25, 0.3) is 5.91 Å². The molecule has 2 heterocycles. The number of nitrogens with one attached hydrogen (secondary N) is 1. The monoisotopic (exact) mass is 375 g/mol. The van der Waals surface area contributed by atoms with Crippen LogP contribution in [0.25, 0.3) is 10.9 Å². The number of hydrogen-bond donors (Lipinski definition) is 1. The van der Waals surface area contributed by atoms with Gasteiger partial charge in [-0.05, 0) is 67.8 Å². The van der Waals surface area contributed by atoms with Gasteiger partial charge in [-0.2, -0.15) is 0 Å². The van der Waals surface area contributed by atoms with E-state index in [4.69, 9.17) is 9.72 Å². The van der Waals surface area contributed by atoms with Crippen LogP contribution in [-0.4, -0.2) is 37.2 Å². The number of anilines is 2. The van der Waals surface area contributed by atoms with Crippen LogP contribution in [-0.2, 0) is 11.2 Å². The molecule has 0 bridgehead atoms. The Balaban J connectivity index is 1.57. The van der Waals surface area contributed by atoms with Crippen LogP contribution in [0.1, 0.15) is 28.4 Å². The van der Waals surface area contributed by atoms with E-state index in [1.165, 1.54) is 16.5 Å². The minimum absolute atomic E-state index is 0.0245. The van der Waals surface area contributed by atoms with E-state index >= 15 is 0 Å². The standard InChI is InChI=1S/C23H25N3O2/c1-15-4-5-18-13-19-10-11-26(22(19)25-21(18)12-15)20-8-6-17(7-9-20)23(27)24-16(2)14-28-3/h4-9,12-13,16H,10-11,14H2,1-3H3,(H,24,27). The van der Waals surface area contributed by atoms with Gasteiger partial charge in [0.2, 0.25) is 0 Å². The van der Waals surface area contributed by atoms with E-state index in [-0.39, 0.29) is 11.9 Å². The lowest BCUT2D eigenvalue weighted by atomic mass is 10.1. The SMILES string of the molecule is COCC(C)NC(=O)c1ccc(N2CCc3cc4ccc(C)cc4nc32)cc1. The number of aromatic nitrogens is 1. The van der Waals surface area contributed by atoms with Gasteiger partial charge in [0.1, 0.15) is 5.82 Å². The number of carbonyl (C=O) groups excluding carboxylic acids is 1. The number of pyridine rings is 1. The van der Waals surface area contributed by atoms with Gasteiger partial charge < -0.3 is 15.0 Å². The summed E-state index contributed by atoms with van der Waals surface area (Å²) in [6.07, 6.45) is 0.975. The summed E-state index contributed by atoms with van der Waals surface area (Å²) in [4.78, 5) is 19.5. The molecule has 0 radical (unpaired) electrons. The molecule has 1 unspecified atom stereocenters. The number of rotatable bonds is 5. The van der Waals surface area contributed by atoms with Gasteiger partial charge >= 0.3 is 0 Å². The molecule has 1 aliphatic rings. The Labute approximate surface area is 165 Å². The maximum Gasteiger partial charge on any atom is 0.251 e. The number of nitrogens with zero attached hydrogens (tertiary/aromatic N) is 2. The average molecular weight is 375 g/mol. The molecule has 1 N–H and O–H groups in total. The first-order valence-corrected chi connectivity index (χ1v) is 9.63. The van der Waals surface area contributed by atoms with Crippen molar-refractivity contribution < 1.29 is 9.53 Å². The Morgan fingerprint density at radius 1 is 1.21 bits per heavy atom. The van der Waals surface area contributed by atoms with Crippen molar-refractivity contribution in [1.29, 1.82) is 0 Å². The number of methoxy groups -OCH3 is 1. The average Bonchev–Trinajstić information content (AvgIpc) is 3.09. The molecule has 144 valence electrons. The van der Waals surface area contributed by atoms with Gasteiger partial charge in [0, 0.05) is 36.3 Å². The minimum atomic E-state index is -0.0856. The van der Waals surface area contributed by atoms with Gasteiger partial charge in [0.05, 0.1) is 12.1 Å². The smallest absolute Gasteiger partial charge is 0.251 e. The summed E-state index contributed by atoms with van der Waals surface area (Å²) in [6, 6.07) is 16.3. The first-order valence-electron chi connectivity index (χ1n) is 9.63. The second kappa shape index (κ2) is 7.60. The summed E-state index contributed by atoms with van der Waals surface area (Å²) in [5, 5.41) is 4.12. The first-order chi connectivity index (χ1) is 13.5. The minimum Gasteiger partial charge on any atom is -0.383 e. The molecule has 1 aliphatic heterocycles. The highest BCUT2D eigenvalue weighted by molar-refractivity contribution is 5.95. The summed E-state index contributed by atoms with van der Waals surface area (Å²) in [7, 11) is 1.63. The molecule has 0 saturated heterocycles. The van der Waals surface area contributed by atoms with Crippen LogP contribution in [0, 0.1) is 6.92 Å². The van der Waals surface area contributed by atoms with Crippen LogP contribution >= 0.6 is 0 Å². The summed E-state index contributed by atoms with van der Waals surface area (Å²) in [6.45, 7) is 5.40. The molecule has 4 rings (SSSR count). The van der Waals surface area contributed by atoms with Crippen molar-refractivity contribution in [3.05, 3.63) is 65.2 Å². The lowest BCUT2D eigenvalue weighted by Crippen LogP contribution is -2.35. The summed E-state index contributed by atoms with van der Waals surface area (Å²) in [5.74, 6) is 0.932. The third kappa shape index (κ3) is 3.58. The van der Waals surface area contributed by atoms with E-state index in [1.54, 1.807) is 7.11 Å². The van der Waals surface area contributed by atoms with Crippen molar-refractivity contribution in [3.8, 4) is 0 Å². The topological polar surface area (TPSA) is 54.5 Å².